The van der Waals surface area contributed by atoms with E-state index in [1.807, 2.05) is 23.6 Å². The second kappa shape index (κ2) is 8.56. The molecule has 31 heavy (non-hydrogen) atoms. The van der Waals surface area contributed by atoms with Crippen LogP contribution in [0.3, 0.4) is 0 Å². The lowest BCUT2D eigenvalue weighted by molar-refractivity contribution is -0.137. The van der Waals surface area contributed by atoms with Gasteiger partial charge in [-0.1, -0.05) is 36.0 Å². The van der Waals surface area contributed by atoms with Crippen LogP contribution < -0.4 is 5.73 Å². The van der Waals surface area contributed by atoms with Gasteiger partial charge in [0.2, 0.25) is 5.91 Å². The second-order valence-corrected chi connectivity index (χ2v) is 8.41. The molecule has 2 aromatic heterocycles. The standard InChI is InChI=1S/C21H15F3N4OS2/c22-21(23,24)15-6-2-7-16(11-15)28-19(17-8-3-9-30-17)26-27-20(28)31-12-13-4-1-5-14(10-13)18(25)29/h1-11H,12H2,(H2,25,29). The Morgan fingerprint density at radius 2 is 1.87 bits per heavy atom. The summed E-state index contributed by atoms with van der Waals surface area (Å²) in [6, 6.07) is 15.6. The molecule has 0 saturated carbocycles. The fourth-order valence-electron chi connectivity index (χ4n) is 2.95. The Kier molecular flexibility index (Phi) is 5.84. The third kappa shape index (κ3) is 4.64. The van der Waals surface area contributed by atoms with E-state index in [9.17, 15) is 18.0 Å². The molecule has 0 aliphatic rings. The third-order valence-electron chi connectivity index (χ3n) is 4.39. The summed E-state index contributed by atoms with van der Waals surface area (Å²) in [7, 11) is 0. The number of hydrogen-bond acceptors (Lipinski definition) is 5. The third-order valence-corrected chi connectivity index (χ3v) is 6.25. The van der Waals surface area contributed by atoms with E-state index in [-0.39, 0.29) is 0 Å². The molecule has 2 aromatic carbocycles. The van der Waals surface area contributed by atoms with Crippen molar-refractivity contribution in [3.63, 3.8) is 0 Å². The monoisotopic (exact) mass is 460 g/mol. The summed E-state index contributed by atoms with van der Waals surface area (Å²) >= 11 is 2.73. The topological polar surface area (TPSA) is 73.8 Å². The number of aromatic nitrogens is 3. The molecule has 4 aromatic rings. The first-order valence-corrected chi connectivity index (χ1v) is 10.9. The van der Waals surface area contributed by atoms with Crippen LogP contribution in [-0.2, 0) is 11.9 Å². The molecule has 10 heteroatoms. The average molecular weight is 461 g/mol. The van der Waals surface area contributed by atoms with Crippen molar-refractivity contribution in [1.82, 2.24) is 14.8 Å². The number of amides is 1. The highest BCUT2D eigenvalue weighted by Gasteiger charge is 2.31. The van der Waals surface area contributed by atoms with Gasteiger partial charge in [-0.25, -0.2) is 0 Å². The maximum Gasteiger partial charge on any atom is 0.416 e. The fourth-order valence-corrected chi connectivity index (χ4v) is 4.54. The number of thioether (sulfide) groups is 1. The molecule has 0 aliphatic heterocycles. The van der Waals surface area contributed by atoms with E-state index in [0.717, 1.165) is 22.6 Å². The maximum atomic E-state index is 13.3. The van der Waals surface area contributed by atoms with Gasteiger partial charge in [-0.3, -0.25) is 9.36 Å². The minimum absolute atomic E-state index is 0.316. The molecular formula is C21H15F3N4OS2. The smallest absolute Gasteiger partial charge is 0.366 e. The Bertz CT molecular complexity index is 1220. The lowest BCUT2D eigenvalue weighted by atomic mass is 10.1. The minimum atomic E-state index is -4.46. The van der Waals surface area contributed by atoms with Gasteiger partial charge in [0.1, 0.15) is 0 Å². The van der Waals surface area contributed by atoms with Gasteiger partial charge >= 0.3 is 6.18 Å². The molecule has 0 bridgehead atoms. The summed E-state index contributed by atoms with van der Waals surface area (Å²) in [5, 5.41) is 10.8. The number of thiophene rings is 1. The van der Waals surface area contributed by atoms with Crippen LogP contribution >= 0.6 is 23.1 Å². The zero-order valence-electron chi connectivity index (χ0n) is 15.8. The van der Waals surface area contributed by atoms with Crippen molar-refractivity contribution < 1.29 is 18.0 Å². The van der Waals surface area contributed by atoms with Crippen LogP contribution in [0.1, 0.15) is 21.5 Å². The number of halogens is 3. The van der Waals surface area contributed by atoms with Gasteiger partial charge < -0.3 is 5.73 Å². The number of rotatable bonds is 6. The summed E-state index contributed by atoms with van der Waals surface area (Å²) < 4.78 is 41.4. The summed E-state index contributed by atoms with van der Waals surface area (Å²) in [6.45, 7) is 0. The van der Waals surface area contributed by atoms with Gasteiger partial charge in [-0.2, -0.15) is 13.2 Å². The first kappa shape index (κ1) is 21.1. The number of carbonyl (C=O) groups is 1. The molecule has 0 radical (unpaired) electrons. The minimum Gasteiger partial charge on any atom is -0.366 e. The van der Waals surface area contributed by atoms with Crippen molar-refractivity contribution >= 4 is 29.0 Å². The molecule has 0 fully saturated rings. The Morgan fingerprint density at radius 1 is 1.06 bits per heavy atom. The molecule has 2 N–H and O–H groups in total. The van der Waals surface area contributed by atoms with E-state index < -0.39 is 17.6 Å². The summed E-state index contributed by atoms with van der Waals surface area (Å²) in [4.78, 5) is 12.2. The Morgan fingerprint density at radius 3 is 2.58 bits per heavy atom. The van der Waals surface area contributed by atoms with Gasteiger partial charge in [0.25, 0.3) is 0 Å². The molecule has 0 aliphatic carbocycles. The highest BCUT2D eigenvalue weighted by Crippen LogP contribution is 2.35. The number of carbonyl (C=O) groups excluding carboxylic acids is 1. The van der Waals surface area contributed by atoms with Crippen molar-refractivity contribution in [3.05, 3.63) is 82.7 Å². The SMILES string of the molecule is NC(=O)c1cccc(CSc2nnc(-c3cccs3)n2-c2cccc(C(F)(F)F)c2)c1. The van der Waals surface area contributed by atoms with E-state index in [4.69, 9.17) is 5.73 Å². The zero-order chi connectivity index (χ0) is 22.0. The first-order valence-electron chi connectivity index (χ1n) is 9.01. The highest BCUT2D eigenvalue weighted by atomic mass is 32.2. The molecule has 158 valence electrons. The normalized spacial score (nSPS) is 11.6. The number of nitrogens with zero attached hydrogens (tertiary/aromatic N) is 3. The maximum absolute atomic E-state index is 13.3. The van der Waals surface area contributed by atoms with Crippen molar-refractivity contribution in [3.8, 4) is 16.4 Å². The number of benzene rings is 2. The molecule has 1 amide bonds. The summed E-state index contributed by atoms with van der Waals surface area (Å²) in [5.41, 5.74) is 6.12. The predicted molar refractivity (Wildman–Crippen MR) is 114 cm³/mol. The number of nitrogens with two attached hydrogens (primary N) is 1. The molecule has 4 rings (SSSR count). The second-order valence-electron chi connectivity index (χ2n) is 6.52. The van der Waals surface area contributed by atoms with Crippen LogP contribution in [0, 0.1) is 0 Å². The van der Waals surface area contributed by atoms with E-state index in [0.29, 0.717) is 28.0 Å². The number of hydrogen-bond donors (Lipinski definition) is 1. The van der Waals surface area contributed by atoms with Crippen LogP contribution in [0.25, 0.3) is 16.4 Å². The quantitative estimate of drug-likeness (QED) is 0.391. The van der Waals surface area contributed by atoms with Crippen LogP contribution in [0.2, 0.25) is 0 Å². The van der Waals surface area contributed by atoms with Crippen molar-refractivity contribution in [2.45, 2.75) is 17.1 Å². The van der Waals surface area contributed by atoms with E-state index >= 15 is 0 Å². The lowest BCUT2D eigenvalue weighted by Crippen LogP contribution is -2.10. The van der Waals surface area contributed by atoms with Crippen molar-refractivity contribution in [1.29, 1.82) is 0 Å². The predicted octanol–water partition coefficient (Wildman–Crippen LogP) is 5.41. The Balaban J connectivity index is 1.73. The van der Waals surface area contributed by atoms with Crippen LogP contribution in [0.15, 0.2) is 71.2 Å². The van der Waals surface area contributed by atoms with Gasteiger partial charge in [0.05, 0.1) is 16.1 Å². The number of primary amides is 1. The van der Waals surface area contributed by atoms with Crippen molar-refractivity contribution in [2.24, 2.45) is 5.73 Å². The molecule has 0 unspecified atom stereocenters. The van der Waals surface area contributed by atoms with Gasteiger partial charge in [0, 0.05) is 11.3 Å². The van der Waals surface area contributed by atoms with Gasteiger partial charge in [-0.05, 0) is 47.3 Å². The van der Waals surface area contributed by atoms with E-state index in [1.165, 1.54) is 29.2 Å². The first-order chi connectivity index (χ1) is 14.8. The Hall–Kier alpha value is -3.11. The van der Waals surface area contributed by atoms with E-state index in [2.05, 4.69) is 10.2 Å². The largest absolute Gasteiger partial charge is 0.416 e. The molecule has 2 heterocycles. The van der Waals surface area contributed by atoms with Crippen LogP contribution in [0.4, 0.5) is 13.2 Å². The highest BCUT2D eigenvalue weighted by molar-refractivity contribution is 7.98. The molecule has 0 spiro atoms. The van der Waals surface area contributed by atoms with Crippen LogP contribution in [0.5, 0.6) is 0 Å². The lowest BCUT2D eigenvalue weighted by Gasteiger charge is -2.13. The van der Waals surface area contributed by atoms with E-state index in [1.54, 1.807) is 28.8 Å². The summed E-state index contributed by atoms with van der Waals surface area (Å²) in [6.07, 6.45) is -4.46. The molecule has 5 nitrogen and oxygen atoms in total. The average Bonchev–Trinajstić information content (AvgIpc) is 3.41. The molecular weight excluding hydrogens is 445 g/mol. The number of alkyl halides is 3. The fraction of sp³-hybridized carbons (Fsp3) is 0.0952. The van der Waals surface area contributed by atoms with Gasteiger partial charge in [0.15, 0.2) is 11.0 Å². The Labute approximate surface area is 183 Å². The molecule has 0 atom stereocenters. The van der Waals surface area contributed by atoms with Gasteiger partial charge in [-0.15, -0.1) is 21.5 Å². The molecule has 0 saturated heterocycles. The summed E-state index contributed by atoms with van der Waals surface area (Å²) in [5.74, 6) is 0.365. The van der Waals surface area contributed by atoms with Crippen molar-refractivity contribution in [2.75, 3.05) is 0 Å². The van der Waals surface area contributed by atoms with Crippen LogP contribution in [-0.4, -0.2) is 20.7 Å². The zero-order valence-corrected chi connectivity index (χ0v) is 17.5.